The number of aromatic nitrogens is 2. The summed E-state index contributed by atoms with van der Waals surface area (Å²) in [5, 5.41) is 0. The van der Waals surface area contributed by atoms with Crippen molar-refractivity contribution in [2.45, 2.75) is 31.7 Å². The molecular weight excluding hydrogens is 240 g/mol. The first-order valence-corrected chi connectivity index (χ1v) is 7.01. The molecule has 0 saturated heterocycles. The first-order chi connectivity index (χ1) is 9.09. The summed E-state index contributed by atoms with van der Waals surface area (Å²) in [4.78, 5) is 20.4. The van der Waals surface area contributed by atoms with Crippen LogP contribution in [-0.2, 0) is 7.05 Å². The standard InChI is InChI=1S/C14H24N4O/c1-16(12-6-4-5-7-12)8-9-17(2)14(19)13-10-15-11-18(13)3/h10-12H,4-9H2,1-3H3. The summed E-state index contributed by atoms with van der Waals surface area (Å²) in [5.41, 5.74) is 0.644. The molecule has 0 atom stereocenters. The van der Waals surface area contributed by atoms with E-state index in [1.165, 1.54) is 25.7 Å². The molecule has 0 spiro atoms. The highest BCUT2D eigenvalue weighted by atomic mass is 16.2. The van der Waals surface area contributed by atoms with Crippen LogP contribution in [0.2, 0.25) is 0 Å². The monoisotopic (exact) mass is 264 g/mol. The van der Waals surface area contributed by atoms with Crippen LogP contribution < -0.4 is 0 Å². The van der Waals surface area contributed by atoms with Crippen LogP contribution in [0.1, 0.15) is 36.2 Å². The molecule has 0 unspecified atom stereocenters. The maximum Gasteiger partial charge on any atom is 0.271 e. The lowest BCUT2D eigenvalue weighted by Gasteiger charge is -2.26. The second-order valence-electron chi connectivity index (χ2n) is 5.54. The molecule has 5 nitrogen and oxygen atoms in total. The molecule has 1 fully saturated rings. The molecule has 5 heteroatoms. The van der Waals surface area contributed by atoms with E-state index in [1.54, 1.807) is 22.0 Å². The molecule has 0 N–H and O–H groups in total. The van der Waals surface area contributed by atoms with Gasteiger partial charge >= 0.3 is 0 Å². The highest BCUT2D eigenvalue weighted by Gasteiger charge is 2.20. The molecule has 1 aromatic rings. The van der Waals surface area contributed by atoms with E-state index >= 15 is 0 Å². The molecule has 1 aliphatic carbocycles. The Bertz CT molecular complexity index is 423. The first kappa shape index (κ1) is 14.1. The topological polar surface area (TPSA) is 41.4 Å². The third-order valence-electron chi connectivity index (χ3n) is 4.12. The summed E-state index contributed by atoms with van der Waals surface area (Å²) in [6.45, 7) is 1.70. The lowest BCUT2D eigenvalue weighted by Crippen LogP contribution is -2.38. The molecule has 19 heavy (non-hydrogen) atoms. The Labute approximate surface area is 115 Å². The minimum Gasteiger partial charge on any atom is -0.339 e. The van der Waals surface area contributed by atoms with E-state index in [-0.39, 0.29) is 5.91 Å². The Morgan fingerprint density at radius 2 is 2.05 bits per heavy atom. The third-order valence-corrected chi connectivity index (χ3v) is 4.12. The van der Waals surface area contributed by atoms with Crippen LogP contribution in [0.15, 0.2) is 12.5 Å². The van der Waals surface area contributed by atoms with Crippen LogP contribution in [-0.4, -0.2) is 58.5 Å². The molecule has 0 aliphatic heterocycles. The largest absolute Gasteiger partial charge is 0.339 e. The Kier molecular flexibility index (Phi) is 4.58. The van der Waals surface area contributed by atoms with Gasteiger partial charge in [0, 0.05) is 33.2 Å². The van der Waals surface area contributed by atoms with Crippen molar-refractivity contribution in [2.75, 3.05) is 27.2 Å². The fourth-order valence-electron chi connectivity index (χ4n) is 2.70. The highest BCUT2D eigenvalue weighted by Crippen LogP contribution is 2.22. The highest BCUT2D eigenvalue weighted by molar-refractivity contribution is 5.92. The van der Waals surface area contributed by atoms with Gasteiger partial charge in [-0.3, -0.25) is 4.79 Å². The lowest BCUT2D eigenvalue weighted by atomic mass is 10.2. The number of aryl methyl sites for hydroxylation is 1. The van der Waals surface area contributed by atoms with Crippen molar-refractivity contribution < 1.29 is 4.79 Å². The van der Waals surface area contributed by atoms with Gasteiger partial charge in [0.25, 0.3) is 5.91 Å². The van der Waals surface area contributed by atoms with Gasteiger partial charge in [0.05, 0.1) is 12.5 Å². The fraction of sp³-hybridized carbons (Fsp3) is 0.714. The summed E-state index contributed by atoms with van der Waals surface area (Å²) in [7, 11) is 5.87. The van der Waals surface area contributed by atoms with Crippen molar-refractivity contribution in [3.8, 4) is 0 Å². The molecule has 2 rings (SSSR count). The second kappa shape index (κ2) is 6.19. The van der Waals surface area contributed by atoms with Crippen molar-refractivity contribution in [2.24, 2.45) is 7.05 Å². The number of rotatable bonds is 5. The molecule has 0 radical (unpaired) electrons. The molecular formula is C14H24N4O. The number of amides is 1. The van der Waals surface area contributed by atoms with E-state index in [2.05, 4.69) is 16.9 Å². The minimum absolute atomic E-state index is 0.0415. The number of likely N-dealkylation sites (N-methyl/N-ethyl adjacent to an activating group) is 2. The number of imidazole rings is 1. The van der Waals surface area contributed by atoms with E-state index in [1.807, 2.05) is 14.1 Å². The van der Waals surface area contributed by atoms with Gasteiger partial charge in [0.15, 0.2) is 0 Å². The normalized spacial score (nSPS) is 16.2. The summed E-state index contributed by atoms with van der Waals surface area (Å²) < 4.78 is 1.76. The van der Waals surface area contributed by atoms with Crippen LogP contribution in [0.25, 0.3) is 0 Å². The van der Waals surface area contributed by atoms with Crippen LogP contribution in [0.5, 0.6) is 0 Å². The van der Waals surface area contributed by atoms with E-state index in [9.17, 15) is 4.79 Å². The van der Waals surface area contributed by atoms with Crippen LogP contribution in [0.3, 0.4) is 0 Å². The lowest BCUT2D eigenvalue weighted by molar-refractivity contribution is 0.0765. The molecule has 106 valence electrons. The fourth-order valence-corrected chi connectivity index (χ4v) is 2.70. The Hall–Kier alpha value is -1.36. The quantitative estimate of drug-likeness (QED) is 0.806. The van der Waals surface area contributed by atoms with Crippen LogP contribution >= 0.6 is 0 Å². The van der Waals surface area contributed by atoms with Gasteiger partial charge in [0.2, 0.25) is 0 Å². The zero-order chi connectivity index (χ0) is 13.8. The average molecular weight is 264 g/mol. The third kappa shape index (κ3) is 3.35. The maximum absolute atomic E-state index is 12.2. The number of nitrogens with zero attached hydrogens (tertiary/aromatic N) is 4. The van der Waals surface area contributed by atoms with Crippen molar-refractivity contribution in [3.63, 3.8) is 0 Å². The van der Waals surface area contributed by atoms with Crippen LogP contribution in [0, 0.1) is 0 Å². The number of hydrogen-bond acceptors (Lipinski definition) is 3. The van der Waals surface area contributed by atoms with Crippen molar-refractivity contribution in [3.05, 3.63) is 18.2 Å². The number of carbonyl (C=O) groups is 1. The van der Waals surface area contributed by atoms with Gasteiger partial charge in [-0.2, -0.15) is 0 Å². The van der Waals surface area contributed by atoms with Crippen molar-refractivity contribution >= 4 is 5.91 Å². The second-order valence-corrected chi connectivity index (χ2v) is 5.54. The van der Waals surface area contributed by atoms with Gasteiger partial charge in [-0.1, -0.05) is 12.8 Å². The Morgan fingerprint density at radius 1 is 1.37 bits per heavy atom. The van der Waals surface area contributed by atoms with Gasteiger partial charge in [-0.25, -0.2) is 4.98 Å². The van der Waals surface area contributed by atoms with Crippen molar-refractivity contribution in [1.29, 1.82) is 0 Å². The predicted molar refractivity (Wildman–Crippen MR) is 75.1 cm³/mol. The van der Waals surface area contributed by atoms with E-state index in [0.717, 1.165) is 13.1 Å². The number of carbonyl (C=O) groups excluding carboxylic acids is 1. The molecule has 1 aliphatic rings. The van der Waals surface area contributed by atoms with Gasteiger partial charge < -0.3 is 14.4 Å². The summed E-state index contributed by atoms with van der Waals surface area (Å²) >= 11 is 0. The first-order valence-electron chi connectivity index (χ1n) is 7.01. The summed E-state index contributed by atoms with van der Waals surface area (Å²) in [6.07, 6.45) is 8.58. The predicted octanol–water partition coefficient (Wildman–Crippen LogP) is 1.37. The Balaban J connectivity index is 1.82. The molecule has 1 heterocycles. The zero-order valence-corrected chi connectivity index (χ0v) is 12.2. The molecule has 0 bridgehead atoms. The van der Waals surface area contributed by atoms with Gasteiger partial charge in [0.1, 0.15) is 5.69 Å². The SMILES string of the molecule is CN(CCN(C)C1CCCC1)C(=O)c1cncn1C. The van der Waals surface area contributed by atoms with Crippen molar-refractivity contribution in [1.82, 2.24) is 19.4 Å². The molecule has 0 aromatic carbocycles. The smallest absolute Gasteiger partial charge is 0.271 e. The minimum atomic E-state index is 0.0415. The molecule has 1 aromatic heterocycles. The molecule has 1 saturated carbocycles. The van der Waals surface area contributed by atoms with E-state index < -0.39 is 0 Å². The van der Waals surface area contributed by atoms with E-state index in [0.29, 0.717) is 11.7 Å². The number of hydrogen-bond donors (Lipinski definition) is 0. The van der Waals surface area contributed by atoms with Gasteiger partial charge in [-0.15, -0.1) is 0 Å². The average Bonchev–Trinajstić information content (AvgIpc) is 3.05. The van der Waals surface area contributed by atoms with E-state index in [4.69, 9.17) is 0 Å². The Morgan fingerprint density at radius 3 is 2.63 bits per heavy atom. The summed E-state index contributed by atoms with van der Waals surface area (Å²) in [5.74, 6) is 0.0415. The summed E-state index contributed by atoms with van der Waals surface area (Å²) in [6, 6.07) is 0.709. The zero-order valence-electron chi connectivity index (χ0n) is 12.2. The van der Waals surface area contributed by atoms with Crippen LogP contribution in [0.4, 0.5) is 0 Å². The maximum atomic E-state index is 12.2. The molecule has 1 amide bonds. The van der Waals surface area contributed by atoms with Gasteiger partial charge in [-0.05, 0) is 19.9 Å².